The van der Waals surface area contributed by atoms with Gasteiger partial charge in [0.1, 0.15) is 13.2 Å². The van der Waals surface area contributed by atoms with Crippen LogP contribution in [0.4, 0.5) is 0 Å². The maximum atomic E-state index is 12.7. The molecule has 0 aliphatic rings. The van der Waals surface area contributed by atoms with E-state index in [2.05, 4.69) is 45.1 Å². The third-order valence-corrected chi connectivity index (χ3v) is 11.2. The molecule has 0 aliphatic carbocycles. The first-order chi connectivity index (χ1) is 28.5. The van der Waals surface area contributed by atoms with Crippen molar-refractivity contribution in [3.63, 3.8) is 0 Å². The van der Waals surface area contributed by atoms with Crippen LogP contribution >= 0.6 is 0 Å². The minimum atomic E-state index is -0.771. The second kappa shape index (κ2) is 47.6. The van der Waals surface area contributed by atoms with Gasteiger partial charge in [-0.05, 0) is 44.9 Å². The normalized spacial score (nSPS) is 12.1. The van der Waals surface area contributed by atoms with E-state index in [0.717, 1.165) is 83.5 Å². The number of carbonyl (C=O) groups is 3. The predicted molar refractivity (Wildman–Crippen MR) is 247 cm³/mol. The van der Waals surface area contributed by atoms with Crippen LogP contribution in [0.2, 0.25) is 0 Å². The van der Waals surface area contributed by atoms with E-state index in [0.29, 0.717) is 19.3 Å². The van der Waals surface area contributed by atoms with Crippen LogP contribution in [0, 0.1) is 0 Å². The molecule has 0 heterocycles. The lowest BCUT2D eigenvalue weighted by atomic mass is 10.0. The fourth-order valence-corrected chi connectivity index (χ4v) is 7.34. The lowest BCUT2D eigenvalue weighted by Crippen LogP contribution is -2.30. The molecule has 58 heavy (non-hydrogen) atoms. The molecule has 0 saturated heterocycles. The van der Waals surface area contributed by atoms with Gasteiger partial charge in [-0.2, -0.15) is 0 Å². The summed E-state index contributed by atoms with van der Waals surface area (Å²) in [5.41, 5.74) is 0. The Labute approximate surface area is 360 Å². The second-order valence-electron chi connectivity index (χ2n) is 17.1. The third kappa shape index (κ3) is 45.0. The Hall–Kier alpha value is -2.11. The first-order valence-corrected chi connectivity index (χ1v) is 25.3. The van der Waals surface area contributed by atoms with Crippen LogP contribution in [-0.4, -0.2) is 37.2 Å². The van der Waals surface area contributed by atoms with E-state index >= 15 is 0 Å². The third-order valence-electron chi connectivity index (χ3n) is 11.2. The van der Waals surface area contributed by atoms with Crippen LogP contribution in [-0.2, 0) is 28.6 Å². The molecule has 0 aromatic heterocycles. The monoisotopic (exact) mass is 817 g/mol. The Kier molecular flexibility index (Phi) is 45.8. The summed E-state index contributed by atoms with van der Waals surface area (Å²) in [4.78, 5) is 37.8. The van der Waals surface area contributed by atoms with Gasteiger partial charge in [0.15, 0.2) is 6.10 Å². The van der Waals surface area contributed by atoms with Crippen molar-refractivity contribution in [2.24, 2.45) is 0 Å². The van der Waals surface area contributed by atoms with E-state index in [4.69, 9.17) is 14.2 Å². The molecule has 6 nitrogen and oxygen atoms in total. The maximum Gasteiger partial charge on any atom is 0.306 e. The van der Waals surface area contributed by atoms with Crippen molar-refractivity contribution in [1.29, 1.82) is 0 Å². The Morgan fingerprint density at radius 3 is 1.00 bits per heavy atom. The van der Waals surface area contributed by atoms with Crippen LogP contribution < -0.4 is 0 Å². The topological polar surface area (TPSA) is 78.9 Å². The van der Waals surface area contributed by atoms with E-state index in [1.165, 1.54) is 148 Å². The lowest BCUT2D eigenvalue weighted by Gasteiger charge is -2.18. The van der Waals surface area contributed by atoms with Gasteiger partial charge < -0.3 is 14.2 Å². The molecule has 0 spiro atoms. The van der Waals surface area contributed by atoms with Crippen molar-refractivity contribution >= 4 is 17.9 Å². The molecule has 0 unspecified atom stereocenters. The molecule has 0 aromatic carbocycles. The van der Waals surface area contributed by atoms with Crippen LogP contribution in [0.3, 0.4) is 0 Å². The summed E-state index contributed by atoms with van der Waals surface area (Å²) in [6.45, 7) is 6.59. The fraction of sp³-hybridized carbons (Fsp3) is 0.865. The highest BCUT2D eigenvalue weighted by Gasteiger charge is 2.19. The Bertz CT molecular complexity index is 942. The predicted octanol–water partition coefficient (Wildman–Crippen LogP) is 16.4. The molecule has 0 N–H and O–H groups in total. The van der Waals surface area contributed by atoms with Crippen molar-refractivity contribution in [3.05, 3.63) is 24.3 Å². The lowest BCUT2D eigenvalue weighted by molar-refractivity contribution is -0.167. The molecule has 0 aliphatic heterocycles. The zero-order valence-electron chi connectivity index (χ0n) is 38.8. The fourth-order valence-electron chi connectivity index (χ4n) is 7.34. The van der Waals surface area contributed by atoms with Gasteiger partial charge in [0, 0.05) is 19.3 Å². The van der Waals surface area contributed by atoms with Gasteiger partial charge in [-0.25, -0.2) is 0 Å². The molecule has 0 fully saturated rings. The van der Waals surface area contributed by atoms with Crippen LogP contribution in [0.15, 0.2) is 24.3 Å². The highest BCUT2D eigenvalue weighted by molar-refractivity contribution is 5.71. The minimum Gasteiger partial charge on any atom is -0.462 e. The Balaban J connectivity index is 4.29. The Morgan fingerprint density at radius 2 is 0.638 bits per heavy atom. The highest BCUT2D eigenvalue weighted by Crippen LogP contribution is 2.16. The quantitative estimate of drug-likeness (QED) is 0.0263. The van der Waals surface area contributed by atoms with Crippen molar-refractivity contribution in [2.75, 3.05) is 13.2 Å². The smallest absolute Gasteiger partial charge is 0.306 e. The Morgan fingerprint density at radius 1 is 0.345 bits per heavy atom. The first-order valence-electron chi connectivity index (χ1n) is 25.3. The summed E-state index contributed by atoms with van der Waals surface area (Å²) in [6.07, 6.45) is 53.0. The molecule has 1 atom stereocenters. The molecule has 6 heteroatoms. The summed E-state index contributed by atoms with van der Waals surface area (Å²) in [5.74, 6) is -0.877. The van der Waals surface area contributed by atoms with E-state index in [1.807, 2.05) is 0 Å². The van der Waals surface area contributed by atoms with E-state index in [-0.39, 0.29) is 31.1 Å². The van der Waals surface area contributed by atoms with Crippen LogP contribution in [0.1, 0.15) is 271 Å². The van der Waals surface area contributed by atoms with E-state index in [1.54, 1.807) is 0 Å². The first kappa shape index (κ1) is 55.9. The number of rotatable bonds is 46. The number of ether oxygens (including phenoxy) is 3. The van der Waals surface area contributed by atoms with E-state index in [9.17, 15) is 14.4 Å². The summed E-state index contributed by atoms with van der Waals surface area (Å²) in [7, 11) is 0. The van der Waals surface area contributed by atoms with Crippen molar-refractivity contribution in [3.8, 4) is 0 Å². The van der Waals surface area contributed by atoms with Crippen molar-refractivity contribution < 1.29 is 28.6 Å². The van der Waals surface area contributed by atoms with Gasteiger partial charge in [0.25, 0.3) is 0 Å². The van der Waals surface area contributed by atoms with Crippen LogP contribution in [0.5, 0.6) is 0 Å². The number of hydrogen-bond donors (Lipinski definition) is 0. The second-order valence-corrected chi connectivity index (χ2v) is 17.1. The summed E-state index contributed by atoms with van der Waals surface area (Å²) in [6, 6.07) is 0. The number of carbonyl (C=O) groups excluding carboxylic acids is 3. The zero-order valence-corrected chi connectivity index (χ0v) is 38.8. The number of unbranched alkanes of at least 4 members (excludes halogenated alkanes) is 31. The molecule has 0 bridgehead atoms. The molecule has 0 amide bonds. The number of hydrogen-bond acceptors (Lipinski definition) is 6. The van der Waals surface area contributed by atoms with E-state index < -0.39 is 6.10 Å². The highest BCUT2D eigenvalue weighted by atomic mass is 16.6. The van der Waals surface area contributed by atoms with Crippen molar-refractivity contribution in [1.82, 2.24) is 0 Å². The van der Waals surface area contributed by atoms with Crippen molar-refractivity contribution in [2.45, 2.75) is 277 Å². The van der Waals surface area contributed by atoms with Gasteiger partial charge in [-0.15, -0.1) is 0 Å². The summed E-state index contributed by atoms with van der Waals surface area (Å²) < 4.78 is 16.7. The molecule has 0 saturated carbocycles. The number of allylic oxidation sites excluding steroid dienone is 4. The van der Waals surface area contributed by atoms with Crippen LogP contribution in [0.25, 0.3) is 0 Å². The molecule has 340 valence electrons. The van der Waals surface area contributed by atoms with Gasteiger partial charge in [-0.1, -0.05) is 231 Å². The average molecular weight is 817 g/mol. The maximum absolute atomic E-state index is 12.7. The number of esters is 3. The molecule has 0 aromatic rings. The zero-order chi connectivity index (χ0) is 42.3. The van der Waals surface area contributed by atoms with Gasteiger partial charge >= 0.3 is 17.9 Å². The molecule has 0 rings (SSSR count). The SMILES string of the molecule is CCCC/C=C\C/C=C\CCCCCCCC(=O)O[C@H](COC(=O)CCCCCCCCCCC)COC(=O)CCCCCCCCCCCCCCCCCCC. The molecule has 0 radical (unpaired) electrons. The molecular weight excluding hydrogens is 721 g/mol. The summed E-state index contributed by atoms with van der Waals surface area (Å²) >= 11 is 0. The average Bonchev–Trinajstić information content (AvgIpc) is 3.22. The minimum absolute atomic E-state index is 0.0725. The van der Waals surface area contributed by atoms with Gasteiger partial charge in [-0.3, -0.25) is 14.4 Å². The largest absolute Gasteiger partial charge is 0.462 e. The summed E-state index contributed by atoms with van der Waals surface area (Å²) in [5, 5.41) is 0. The standard InChI is InChI=1S/C52H96O6/c1-4-7-10-13-16-19-21-23-25-26-27-29-30-33-36-39-42-45-51(54)57-48-49(47-56-50(53)44-41-38-35-32-18-15-12-9-6-3)58-52(55)46-43-40-37-34-31-28-24-22-20-17-14-11-8-5-2/h14,17,22,24,49H,4-13,15-16,18-21,23,25-48H2,1-3H3/b17-14-,24-22-/t49-/m1/s1. The molecular formula is C52H96O6. The van der Waals surface area contributed by atoms with Gasteiger partial charge in [0.2, 0.25) is 0 Å². The van der Waals surface area contributed by atoms with Gasteiger partial charge in [0.05, 0.1) is 0 Å².